The Labute approximate surface area is 194 Å². The van der Waals surface area contributed by atoms with E-state index in [1.165, 1.54) is 6.92 Å². The first-order chi connectivity index (χ1) is 15.7. The van der Waals surface area contributed by atoms with E-state index in [1.807, 2.05) is 13.0 Å². The first kappa shape index (κ1) is 23.4. The third-order valence-electron chi connectivity index (χ3n) is 6.61. The van der Waals surface area contributed by atoms with Crippen LogP contribution in [-0.4, -0.2) is 37.8 Å². The van der Waals surface area contributed by atoms with Gasteiger partial charge in [0.2, 0.25) is 21.8 Å². The van der Waals surface area contributed by atoms with Crippen molar-refractivity contribution in [3.05, 3.63) is 48.2 Å². The lowest BCUT2D eigenvalue weighted by molar-refractivity contribution is -0.121. The standard InChI is InChI=1S/C24H30N4O4S/c1-16-13-20-14-21(10-11-22(20)28(16)17(2)29)33(31,32)26-15-18-6-8-19(9-7-18)24(30)27-23-5-3-4-12-25-23/h3-5,10-12,14,16,18-19,26H,6-9,13,15H2,1-2H3,(H,25,27,30). The zero-order valence-electron chi connectivity index (χ0n) is 19.0. The molecule has 1 unspecified atom stereocenters. The van der Waals surface area contributed by atoms with Gasteiger partial charge in [0.15, 0.2) is 0 Å². The Kier molecular flexibility index (Phi) is 6.81. The molecule has 9 heteroatoms. The second kappa shape index (κ2) is 9.61. The number of hydrogen-bond acceptors (Lipinski definition) is 5. The number of nitrogens with one attached hydrogen (secondary N) is 2. The molecule has 1 aliphatic carbocycles. The minimum atomic E-state index is -3.65. The van der Waals surface area contributed by atoms with E-state index in [9.17, 15) is 18.0 Å². The Morgan fingerprint density at radius 2 is 1.88 bits per heavy atom. The maximum atomic E-state index is 12.9. The van der Waals surface area contributed by atoms with E-state index in [4.69, 9.17) is 0 Å². The zero-order valence-corrected chi connectivity index (χ0v) is 19.8. The maximum Gasteiger partial charge on any atom is 0.240 e. The average Bonchev–Trinajstić information content (AvgIpc) is 3.14. The van der Waals surface area contributed by atoms with Crippen molar-refractivity contribution in [1.29, 1.82) is 0 Å². The van der Waals surface area contributed by atoms with Gasteiger partial charge in [-0.05, 0) is 80.8 Å². The molecular weight excluding hydrogens is 440 g/mol. The zero-order chi connectivity index (χ0) is 23.6. The van der Waals surface area contributed by atoms with Crippen molar-refractivity contribution in [1.82, 2.24) is 9.71 Å². The Morgan fingerprint density at radius 1 is 1.12 bits per heavy atom. The summed E-state index contributed by atoms with van der Waals surface area (Å²) in [5.74, 6) is 0.593. The van der Waals surface area contributed by atoms with Crippen molar-refractivity contribution in [3.8, 4) is 0 Å². The minimum absolute atomic E-state index is 0.0217. The molecule has 0 bridgehead atoms. The molecule has 1 aromatic carbocycles. The molecule has 8 nitrogen and oxygen atoms in total. The van der Waals surface area contributed by atoms with Crippen LogP contribution in [0.2, 0.25) is 0 Å². The third kappa shape index (κ3) is 5.25. The fraction of sp³-hybridized carbons (Fsp3) is 0.458. The lowest BCUT2D eigenvalue weighted by Gasteiger charge is -2.27. The molecule has 2 aliphatic rings. The van der Waals surface area contributed by atoms with Gasteiger partial charge < -0.3 is 10.2 Å². The Morgan fingerprint density at radius 3 is 2.55 bits per heavy atom. The number of rotatable bonds is 6. The predicted molar refractivity (Wildman–Crippen MR) is 126 cm³/mol. The second-order valence-electron chi connectivity index (χ2n) is 9.01. The molecule has 4 rings (SSSR count). The number of anilines is 2. The van der Waals surface area contributed by atoms with Gasteiger partial charge in [-0.2, -0.15) is 0 Å². The molecule has 0 radical (unpaired) electrons. The summed E-state index contributed by atoms with van der Waals surface area (Å²) in [4.78, 5) is 30.4. The number of hydrogen-bond donors (Lipinski definition) is 2. The lowest BCUT2D eigenvalue weighted by Crippen LogP contribution is -2.34. The summed E-state index contributed by atoms with van der Waals surface area (Å²) in [7, 11) is -3.65. The van der Waals surface area contributed by atoms with Gasteiger partial charge >= 0.3 is 0 Å². The molecule has 2 amide bonds. The minimum Gasteiger partial charge on any atom is -0.310 e. The van der Waals surface area contributed by atoms with Gasteiger partial charge in [-0.25, -0.2) is 18.1 Å². The van der Waals surface area contributed by atoms with Gasteiger partial charge in [-0.3, -0.25) is 9.59 Å². The smallest absolute Gasteiger partial charge is 0.240 e. The normalized spacial score (nSPS) is 22.6. The number of nitrogens with zero attached hydrogens (tertiary/aromatic N) is 2. The van der Waals surface area contributed by atoms with Crippen LogP contribution in [0.4, 0.5) is 11.5 Å². The summed E-state index contributed by atoms with van der Waals surface area (Å²) >= 11 is 0. The second-order valence-corrected chi connectivity index (χ2v) is 10.8. The number of benzene rings is 1. The predicted octanol–water partition coefficient (Wildman–Crippen LogP) is 3.10. The van der Waals surface area contributed by atoms with E-state index in [2.05, 4.69) is 15.0 Å². The summed E-state index contributed by atoms with van der Waals surface area (Å²) in [5, 5.41) is 2.85. The van der Waals surface area contributed by atoms with Crippen LogP contribution < -0.4 is 14.9 Å². The van der Waals surface area contributed by atoms with E-state index in [0.717, 1.165) is 36.9 Å². The molecule has 1 saturated carbocycles. The molecule has 1 atom stereocenters. The van der Waals surface area contributed by atoms with Gasteiger partial charge in [0.1, 0.15) is 5.82 Å². The van der Waals surface area contributed by atoms with Crippen molar-refractivity contribution in [2.24, 2.45) is 11.8 Å². The Hall–Kier alpha value is -2.78. The fourth-order valence-corrected chi connectivity index (χ4v) is 6.03. The van der Waals surface area contributed by atoms with Crippen molar-refractivity contribution in [2.75, 3.05) is 16.8 Å². The highest BCUT2D eigenvalue weighted by molar-refractivity contribution is 7.89. The topological polar surface area (TPSA) is 108 Å². The van der Waals surface area contributed by atoms with Crippen molar-refractivity contribution in [2.45, 2.75) is 56.9 Å². The molecule has 1 aromatic heterocycles. The van der Waals surface area contributed by atoms with E-state index in [-0.39, 0.29) is 34.6 Å². The Balaban J connectivity index is 1.30. The summed E-state index contributed by atoms with van der Waals surface area (Å²) in [6, 6.07) is 10.4. The molecule has 0 spiro atoms. The summed E-state index contributed by atoms with van der Waals surface area (Å²) in [6.07, 6.45) is 5.31. The van der Waals surface area contributed by atoms with Gasteiger partial charge in [-0.1, -0.05) is 6.07 Å². The monoisotopic (exact) mass is 470 g/mol. The number of aromatic nitrogens is 1. The number of sulfonamides is 1. The van der Waals surface area contributed by atoms with Gasteiger partial charge in [0.05, 0.1) is 4.90 Å². The van der Waals surface area contributed by atoms with Gasteiger partial charge in [0.25, 0.3) is 0 Å². The van der Waals surface area contributed by atoms with Crippen LogP contribution in [0.15, 0.2) is 47.5 Å². The highest BCUT2D eigenvalue weighted by atomic mass is 32.2. The third-order valence-corrected chi connectivity index (χ3v) is 8.03. The van der Waals surface area contributed by atoms with Crippen LogP contribution in [0.5, 0.6) is 0 Å². The quantitative estimate of drug-likeness (QED) is 0.674. The maximum absolute atomic E-state index is 12.9. The van der Waals surface area contributed by atoms with Gasteiger partial charge in [0, 0.05) is 37.3 Å². The molecule has 2 aromatic rings. The number of carbonyl (C=O) groups is 2. The molecule has 1 aliphatic heterocycles. The number of fused-ring (bicyclic) bond motifs is 1. The first-order valence-corrected chi connectivity index (χ1v) is 12.9. The Bertz CT molecular complexity index is 1130. The number of amides is 2. The largest absolute Gasteiger partial charge is 0.310 e. The van der Waals surface area contributed by atoms with E-state index >= 15 is 0 Å². The first-order valence-electron chi connectivity index (χ1n) is 11.4. The molecule has 1 fully saturated rings. The molecule has 2 N–H and O–H groups in total. The number of carbonyl (C=O) groups excluding carboxylic acids is 2. The summed E-state index contributed by atoms with van der Waals surface area (Å²) < 4.78 is 28.5. The molecule has 2 heterocycles. The molecule has 176 valence electrons. The van der Waals surface area contributed by atoms with Crippen molar-refractivity contribution < 1.29 is 18.0 Å². The lowest BCUT2D eigenvalue weighted by atomic mass is 9.81. The molecule has 33 heavy (non-hydrogen) atoms. The van der Waals surface area contributed by atoms with Crippen LogP contribution in [-0.2, 0) is 26.0 Å². The summed E-state index contributed by atoms with van der Waals surface area (Å²) in [5.41, 5.74) is 1.66. The molecular formula is C24H30N4O4S. The molecule has 0 saturated heterocycles. The van der Waals surface area contributed by atoms with Crippen LogP contribution >= 0.6 is 0 Å². The summed E-state index contributed by atoms with van der Waals surface area (Å²) in [6.45, 7) is 3.83. The van der Waals surface area contributed by atoms with Crippen molar-refractivity contribution >= 4 is 33.3 Å². The highest BCUT2D eigenvalue weighted by Crippen LogP contribution is 2.34. The van der Waals surface area contributed by atoms with Crippen LogP contribution in [0.1, 0.15) is 45.1 Å². The number of pyridine rings is 1. The fourth-order valence-electron chi connectivity index (χ4n) is 4.86. The van der Waals surface area contributed by atoms with Crippen LogP contribution in [0, 0.1) is 11.8 Å². The van der Waals surface area contributed by atoms with E-state index < -0.39 is 10.0 Å². The van der Waals surface area contributed by atoms with Crippen LogP contribution in [0.3, 0.4) is 0 Å². The van der Waals surface area contributed by atoms with Gasteiger partial charge in [-0.15, -0.1) is 0 Å². The van der Waals surface area contributed by atoms with Crippen molar-refractivity contribution in [3.63, 3.8) is 0 Å². The van der Waals surface area contributed by atoms with E-state index in [1.54, 1.807) is 41.4 Å². The van der Waals surface area contributed by atoms with Crippen LogP contribution in [0.25, 0.3) is 0 Å². The average molecular weight is 471 g/mol. The van der Waals surface area contributed by atoms with E-state index in [0.29, 0.717) is 18.8 Å². The SMILES string of the molecule is CC(=O)N1c2ccc(S(=O)(=O)NCC3CCC(C(=O)Nc4ccccn4)CC3)cc2CC1C. The highest BCUT2D eigenvalue weighted by Gasteiger charge is 2.31.